The maximum Gasteiger partial charge on any atom is 0.282 e. The molecule has 0 spiro atoms. The highest BCUT2D eigenvalue weighted by atomic mass is 35.5. The first-order chi connectivity index (χ1) is 15.3. The number of anilines is 2. The summed E-state index contributed by atoms with van der Waals surface area (Å²) in [6, 6.07) is 18.1. The summed E-state index contributed by atoms with van der Waals surface area (Å²) < 4.78 is 5.24. The van der Waals surface area contributed by atoms with Crippen LogP contribution in [-0.4, -0.2) is 18.9 Å². The lowest BCUT2D eigenvalue weighted by Gasteiger charge is -2.18. The SMILES string of the molecule is COc1ccc(C2=C(Nc3ccc(Cl)cc3C)C(=O)N(c3ccc(C)cc3C)C2=O)cc1. The molecule has 0 unspecified atom stereocenters. The Balaban J connectivity index is 1.85. The molecule has 5 nitrogen and oxygen atoms in total. The Hall–Kier alpha value is -3.57. The second kappa shape index (κ2) is 8.52. The molecule has 3 aromatic rings. The first-order valence-corrected chi connectivity index (χ1v) is 10.6. The monoisotopic (exact) mass is 446 g/mol. The lowest BCUT2D eigenvalue weighted by atomic mass is 10.0. The first kappa shape index (κ1) is 21.7. The quantitative estimate of drug-likeness (QED) is 0.513. The van der Waals surface area contributed by atoms with Gasteiger partial charge in [0, 0.05) is 10.7 Å². The topological polar surface area (TPSA) is 58.6 Å². The zero-order chi connectivity index (χ0) is 23.0. The Morgan fingerprint density at radius 1 is 0.844 bits per heavy atom. The minimum atomic E-state index is -0.401. The van der Waals surface area contributed by atoms with E-state index in [0.717, 1.165) is 16.7 Å². The largest absolute Gasteiger partial charge is 0.497 e. The molecule has 0 radical (unpaired) electrons. The van der Waals surface area contributed by atoms with Crippen LogP contribution in [0.1, 0.15) is 22.3 Å². The van der Waals surface area contributed by atoms with E-state index in [4.69, 9.17) is 16.3 Å². The van der Waals surface area contributed by atoms with Crippen molar-refractivity contribution in [2.24, 2.45) is 0 Å². The van der Waals surface area contributed by atoms with Gasteiger partial charge in [0.1, 0.15) is 11.4 Å². The second-order valence-corrected chi connectivity index (χ2v) is 8.23. The van der Waals surface area contributed by atoms with Crippen molar-refractivity contribution in [1.82, 2.24) is 0 Å². The maximum absolute atomic E-state index is 13.6. The molecule has 0 aromatic heterocycles. The zero-order valence-corrected chi connectivity index (χ0v) is 19.1. The van der Waals surface area contributed by atoms with E-state index in [1.54, 1.807) is 49.6 Å². The van der Waals surface area contributed by atoms with Crippen LogP contribution >= 0.6 is 11.6 Å². The van der Waals surface area contributed by atoms with Crippen molar-refractivity contribution in [2.75, 3.05) is 17.3 Å². The molecule has 0 saturated heterocycles. The third-order valence-corrected chi connectivity index (χ3v) is 5.74. The van der Waals surface area contributed by atoms with Crippen LogP contribution in [0.4, 0.5) is 11.4 Å². The van der Waals surface area contributed by atoms with Gasteiger partial charge >= 0.3 is 0 Å². The summed E-state index contributed by atoms with van der Waals surface area (Å²) in [6.07, 6.45) is 0. The molecular weight excluding hydrogens is 424 g/mol. The number of aryl methyl sites for hydroxylation is 3. The average Bonchev–Trinajstić information content (AvgIpc) is 3.00. The molecule has 1 aliphatic rings. The highest BCUT2D eigenvalue weighted by Crippen LogP contribution is 2.36. The van der Waals surface area contributed by atoms with E-state index in [1.807, 2.05) is 39.0 Å². The Labute approximate surface area is 192 Å². The van der Waals surface area contributed by atoms with Gasteiger partial charge in [0.25, 0.3) is 11.8 Å². The Kier molecular flexibility index (Phi) is 5.76. The summed E-state index contributed by atoms with van der Waals surface area (Å²) in [5.74, 6) is -0.108. The fourth-order valence-electron chi connectivity index (χ4n) is 3.85. The highest BCUT2D eigenvalue weighted by molar-refractivity contribution is 6.46. The van der Waals surface area contributed by atoms with Gasteiger partial charge in [0.15, 0.2) is 0 Å². The number of rotatable bonds is 5. The number of carbonyl (C=O) groups is 2. The van der Waals surface area contributed by atoms with Crippen molar-refractivity contribution in [2.45, 2.75) is 20.8 Å². The second-order valence-electron chi connectivity index (χ2n) is 7.80. The summed E-state index contributed by atoms with van der Waals surface area (Å²) in [7, 11) is 1.58. The van der Waals surface area contributed by atoms with Gasteiger partial charge in [-0.05, 0) is 73.9 Å². The van der Waals surface area contributed by atoms with Gasteiger partial charge in [0.2, 0.25) is 0 Å². The molecule has 1 heterocycles. The van der Waals surface area contributed by atoms with E-state index < -0.39 is 5.91 Å². The number of halogens is 1. The summed E-state index contributed by atoms with van der Waals surface area (Å²) >= 11 is 6.09. The third kappa shape index (κ3) is 3.87. The van der Waals surface area contributed by atoms with Gasteiger partial charge in [-0.15, -0.1) is 0 Å². The first-order valence-electron chi connectivity index (χ1n) is 10.2. The normalized spacial score (nSPS) is 13.7. The van der Waals surface area contributed by atoms with Crippen molar-refractivity contribution >= 4 is 40.4 Å². The number of imide groups is 1. The molecule has 0 bridgehead atoms. The summed E-state index contributed by atoms with van der Waals surface area (Å²) in [5.41, 5.74) is 5.22. The maximum atomic E-state index is 13.6. The van der Waals surface area contributed by atoms with E-state index in [-0.39, 0.29) is 11.6 Å². The Bertz CT molecular complexity index is 1260. The number of amides is 2. The van der Waals surface area contributed by atoms with Crippen LogP contribution in [0.3, 0.4) is 0 Å². The van der Waals surface area contributed by atoms with Gasteiger partial charge in [-0.1, -0.05) is 41.4 Å². The van der Waals surface area contributed by atoms with Crippen molar-refractivity contribution in [3.63, 3.8) is 0 Å². The van der Waals surface area contributed by atoms with E-state index >= 15 is 0 Å². The molecule has 1 N–H and O–H groups in total. The number of hydrogen-bond acceptors (Lipinski definition) is 4. The molecule has 0 fully saturated rings. The van der Waals surface area contributed by atoms with Gasteiger partial charge in [-0.25, -0.2) is 4.90 Å². The minimum Gasteiger partial charge on any atom is -0.497 e. The Morgan fingerprint density at radius 2 is 1.56 bits per heavy atom. The van der Waals surface area contributed by atoms with Gasteiger partial charge < -0.3 is 10.1 Å². The summed E-state index contributed by atoms with van der Waals surface area (Å²) in [6.45, 7) is 5.76. The molecule has 0 saturated carbocycles. The summed E-state index contributed by atoms with van der Waals surface area (Å²) in [4.78, 5) is 28.4. The van der Waals surface area contributed by atoms with E-state index in [0.29, 0.717) is 33.3 Å². The van der Waals surface area contributed by atoms with Gasteiger partial charge in [-0.2, -0.15) is 0 Å². The predicted octanol–water partition coefficient (Wildman–Crippen LogP) is 5.67. The van der Waals surface area contributed by atoms with E-state index in [2.05, 4.69) is 5.32 Å². The molecule has 2 amide bonds. The van der Waals surface area contributed by atoms with Crippen molar-refractivity contribution < 1.29 is 14.3 Å². The molecule has 0 atom stereocenters. The van der Waals surface area contributed by atoms with Crippen molar-refractivity contribution in [3.8, 4) is 5.75 Å². The highest BCUT2D eigenvalue weighted by Gasteiger charge is 2.41. The molecule has 6 heteroatoms. The number of methoxy groups -OCH3 is 1. The van der Waals surface area contributed by atoms with Gasteiger partial charge in [-0.3, -0.25) is 9.59 Å². The molecule has 1 aliphatic heterocycles. The lowest BCUT2D eigenvalue weighted by molar-refractivity contribution is -0.120. The number of hydrogen-bond donors (Lipinski definition) is 1. The van der Waals surface area contributed by atoms with Gasteiger partial charge in [0.05, 0.1) is 18.4 Å². The third-order valence-electron chi connectivity index (χ3n) is 5.50. The number of benzene rings is 3. The molecule has 32 heavy (non-hydrogen) atoms. The van der Waals surface area contributed by atoms with Crippen LogP contribution in [0.5, 0.6) is 5.75 Å². The standard InChI is InChI=1S/C26H23ClN2O3/c1-15-5-12-22(17(3)13-15)29-25(30)23(18-6-9-20(32-4)10-7-18)24(26(29)31)28-21-11-8-19(27)14-16(21)2/h5-14,28H,1-4H3. The number of carbonyl (C=O) groups excluding carboxylic acids is 2. The Morgan fingerprint density at radius 3 is 2.19 bits per heavy atom. The van der Waals surface area contributed by atoms with E-state index in [1.165, 1.54) is 4.90 Å². The predicted molar refractivity (Wildman–Crippen MR) is 128 cm³/mol. The van der Waals surface area contributed by atoms with Crippen LogP contribution < -0.4 is 15.0 Å². The number of nitrogens with one attached hydrogen (secondary N) is 1. The minimum absolute atomic E-state index is 0.227. The molecule has 0 aliphatic carbocycles. The van der Waals surface area contributed by atoms with E-state index in [9.17, 15) is 9.59 Å². The van der Waals surface area contributed by atoms with Crippen LogP contribution in [0.15, 0.2) is 66.4 Å². The van der Waals surface area contributed by atoms with Crippen LogP contribution in [0.25, 0.3) is 5.57 Å². The fraction of sp³-hybridized carbons (Fsp3) is 0.154. The lowest BCUT2D eigenvalue weighted by Crippen LogP contribution is -2.33. The van der Waals surface area contributed by atoms with Crippen LogP contribution in [-0.2, 0) is 9.59 Å². The molecule has 4 rings (SSSR count). The zero-order valence-electron chi connectivity index (χ0n) is 18.3. The molecule has 162 valence electrons. The summed E-state index contributed by atoms with van der Waals surface area (Å²) in [5, 5.41) is 3.80. The fourth-order valence-corrected chi connectivity index (χ4v) is 4.07. The van der Waals surface area contributed by atoms with Crippen molar-refractivity contribution in [1.29, 1.82) is 0 Å². The number of nitrogens with zero attached hydrogens (tertiary/aromatic N) is 1. The van der Waals surface area contributed by atoms with Crippen molar-refractivity contribution in [3.05, 3.63) is 93.6 Å². The average molecular weight is 447 g/mol. The van der Waals surface area contributed by atoms with Crippen LogP contribution in [0, 0.1) is 20.8 Å². The smallest absolute Gasteiger partial charge is 0.282 e. The molecular formula is C26H23ClN2O3. The van der Waals surface area contributed by atoms with Crippen LogP contribution in [0.2, 0.25) is 5.02 Å². The molecule has 3 aromatic carbocycles. The number of ether oxygens (including phenoxy) is 1.